The second kappa shape index (κ2) is 3.69. The quantitative estimate of drug-likeness (QED) is 0.734. The van der Waals surface area contributed by atoms with Crippen molar-refractivity contribution in [2.24, 2.45) is 0 Å². The van der Waals surface area contributed by atoms with E-state index in [0.717, 1.165) is 5.76 Å². The standard InChI is InChI=1S/C11H11NO2/c12-7-8-3-4-9(13)6-10(8)11-2-1-5-14-11/h1-3,5,9-10,13H,4,6H2. The Balaban J connectivity index is 2.30. The second-order valence-electron chi connectivity index (χ2n) is 3.46. The number of nitrogens with zero attached hydrogens (tertiary/aromatic N) is 1. The zero-order valence-corrected chi connectivity index (χ0v) is 7.68. The van der Waals surface area contributed by atoms with Crippen molar-refractivity contribution >= 4 is 0 Å². The van der Waals surface area contributed by atoms with Crippen molar-refractivity contribution in [2.45, 2.75) is 24.9 Å². The molecule has 1 aromatic heterocycles. The summed E-state index contributed by atoms with van der Waals surface area (Å²) < 4.78 is 5.25. The van der Waals surface area contributed by atoms with Crippen LogP contribution in [0.1, 0.15) is 24.5 Å². The summed E-state index contributed by atoms with van der Waals surface area (Å²) in [5.41, 5.74) is 0.699. The first-order valence-electron chi connectivity index (χ1n) is 4.63. The molecular formula is C11H11NO2. The molecule has 72 valence electrons. The molecule has 0 radical (unpaired) electrons. The summed E-state index contributed by atoms with van der Waals surface area (Å²) in [4.78, 5) is 0. The molecule has 1 aliphatic rings. The maximum Gasteiger partial charge on any atom is 0.112 e. The minimum Gasteiger partial charge on any atom is -0.469 e. The fourth-order valence-electron chi connectivity index (χ4n) is 1.78. The average molecular weight is 189 g/mol. The lowest BCUT2D eigenvalue weighted by Gasteiger charge is -2.21. The Kier molecular flexibility index (Phi) is 2.38. The molecule has 3 nitrogen and oxygen atoms in total. The number of nitriles is 1. The zero-order valence-electron chi connectivity index (χ0n) is 7.68. The summed E-state index contributed by atoms with van der Waals surface area (Å²) in [6, 6.07) is 5.79. The first-order chi connectivity index (χ1) is 6.81. The maximum atomic E-state index is 9.50. The SMILES string of the molecule is N#CC1=CCC(O)CC1c1ccco1. The third kappa shape index (κ3) is 1.57. The zero-order chi connectivity index (χ0) is 9.97. The van der Waals surface area contributed by atoms with Gasteiger partial charge in [-0.3, -0.25) is 0 Å². The molecule has 3 heteroatoms. The van der Waals surface area contributed by atoms with E-state index in [4.69, 9.17) is 9.68 Å². The molecule has 1 aliphatic carbocycles. The highest BCUT2D eigenvalue weighted by atomic mass is 16.3. The first kappa shape index (κ1) is 9.04. The Labute approximate surface area is 82.3 Å². The molecule has 0 amide bonds. The summed E-state index contributed by atoms with van der Waals surface area (Å²) in [5.74, 6) is 0.690. The Morgan fingerprint density at radius 2 is 2.43 bits per heavy atom. The first-order valence-corrected chi connectivity index (χ1v) is 4.63. The van der Waals surface area contributed by atoms with Crippen LogP contribution < -0.4 is 0 Å². The van der Waals surface area contributed by atoms with Gasteiger partial charge >= 0.3 is 0 Å². The van der Waals surface area contributed by atoms with Crippen LogP contribution >= 0.6 is 0 Å². The number of hydrogen-bond donors (Lipinski definition) is 1. The molecule has 0 saturated heterocycles. The number of furan rings is 1. The van der Waals surface area contributed by atoms with Gasteiger partial charge in [-0.2, -0.15) is 5.26 Å². The second-order valence-corrected chi connectivity index (χ2v) is 3.46. The average Bonchev–Trinajstić information content (AvgIpc) is 2.70. The molecule has 0 spiro atoms. The van der Waals surface area contributed by atoms with Crippen LogP contribution in [0.5, 0.6) is 0 Å². The summed E-state index contributed by atoms with van der Waals surface area (Å²) in [7, 11) is 0. The molecule has 2 unspecified atom stereocenters. The van der Waals surface area contributed by atoms with Crippen molar-refractivity contribution < 1.29 is 9.52 Å². The number of aliphatic hydroxyl groups excluding tert-OH is 1. The van der Waals surface area contributed by atoms with Crippen molar-refractivity contribution in [3.63, 3.8) is 0 Å². The lowest BCUT2D eigenvalue weighted by Crippen LogP contribution is -2.17. The fourth-order valence-corrected chi connectivity index (χ4v) is 1.78. The molecule has 2 atom stereocenters. The van der Waals surface area contributed by atoms with Gasteiger partial charge in [0.1, 0.15) is 5.76 Å². The summed E-state index contributed by atoms with van der Waals surface area (Å²) >= 11 is 0. The van der Waals surface area contributed by atoms with Crippen LogP contribution in [0.3, 0.4) is 0 Å². The highest BCUT2D eigenvalue weighted by molar-refractivity contribution is 5.34. The molecule has 0 saturated carbocycles. The fraction of sp³-hybridized carbons (Fsp3) is 0.364. The predicted molar refractivity (Wildman–Crippen MR) is 50.4 cm³/mol. The highest BCUT2D eigenvalue weighted by Gasteiger charge is 2.26. The van der Waals surface area contributed by atoms with E-state index < -0.39 is 0 Å². The number of allylic oxidation sites excluding steroid dienone is 1. The van der Waals surface area contributed by atoms with Gasteiger partial charge in [0.05, 0.1) is 24.4 Å². The Bertz CT molecular complexity index is 372. The molecule has 2 rings (SSSR count). The van der Waals surface area contributed by atoms with Crippen LogP contribution in [0.15, 0.2) is 34.5 Å². The van der Waals surface area contributed by atoms with Crippen molar-refractivity contribution in [1.82, 2.24) is 0 Å². The van der Waals surface area contributed by atoms with Gasteiger partial charge < -0.3 is 9.52 Å². The Morgan fingerprint density at radius 1 is 1.57 bits per heavy atom. The van der Waals surface area contributed by atoms with Crippen LogP contribution in [0.2, 0.25) is 0 Å². The van der Waals surface area contributed by atoms with E-state index in [0.29, 0.717) is 18.4 Å². The van der Waals surface area contributed by atoms with E-state index in [1.807, 2.05) is 6.07 Å². The minimum atomic E-state index is -0.359. The molecular weight excluding hydrogens is 178 g/mol. The van der Waals surface area contributed by atoms with Gasteiger partial charge in [-0.05, 0) is 25.0 Å². The van der Waals surface area contributed by atoms with Crippen molar-refractivity contribution in [3.05, 3.63) is 35.8 Å². The van der Waals surface area contributed by atoms with Gasteiger partial charge in [-0.15, -0.1) is 0 Å². The molecule has 0 aromatic carbocycles. The summed E-state index contributed by atoms with van der Waals surface area (Å²) in [6.07, 6.45) is 4.17. The molecule has 0 fully saturated rings. The van der Waals surface area contributed by atoms with E-state index in [1.165, 1.54) is 0 Å². The summed E-state index contributed by atoms with van der Waals surface area (Å²) in [5, 5.41) is 18.4. The normalized spacial score (nSPS) is 26.7. The Hall–Kier alpha value is -1.53. The van der Waals surface area contributed by atoms with Crippen LogP contribution in [0.25, 0.3) is 0 Å². The lowest BCUT2D eigenvalue weighted by molar-refractivity contribution is 0.153. The third-order valence-electron chi connectivity index (χ3n) is 2.51. The molecule has 1 aromatic rings. The maximum absolute atomic E-state index is 9.50. The molecule has 14 heavy (non-hydrogen) atoms. The topological polar surface area (TPSA) is 57.2 Å². The third-order valence-corrected chi connectivity index (χ3v) is 2.51. The number of hydrogen-bond acceptors (Lipinski definition) is 3. The predicted octanol–water partition coefficient (Wildman–Crippen LogP) is 1.97. The van der Waals surface area contributed by atoms with Gasteiger partial charge in [-0.25, -0.2) is 0 Å². The van der Waals surface area contributed by atoms with Crippen LogP contribution in [-0.2, 0) is 0 Å². The van der Waals surface area contributed by atoms with Gasteiger partial charge in [0.25, 0.3) is 0 Å². The van der Waals surface area contributed by atoms with Crippen LogP contribution in [-0.4, -0.2) is 11.2 Å². The highest BCUT2D eigenvalue weighted by Crippen LogP contribution is 2.33. The van der Waals surface area contributed by atoms with E-state index in [1.54, 1.807) is 18.4 Å². The Morgan fingerprint density at radius 3 is 3.07 bits per heavy atom. The number of rotatable bonds is 1. The molecule has 0 aliphatic heterocycles. The van der Waals surface area contributed by atoms with E-state index >= 15 is 0 Å². The van der Waals surface area contributed by atoms with E-state index in [-0.39, 0.29) is 12.0 Å². The lowest BCUT2D eigenvalue weighted by atomic mass is 9.85. The minimum absolute atomic E-state index is 0.0706. The van der Waals surface area contributed by atoms with Crippen molar-refractivity contribution in [1.29, 1.82) is 5.26 Å². The largest absolute Gasteiger partial charge is 0.469 e. The van der Waals surface area contributed by atoms with Gasteiger partial charge in [0.15, 0.2) is 0 Å². The number of aliphatic hydroxyl groups is 1. The summed E-state index contributed by atoms with van der Waals surface area (Å²) in [6.45, 7) is 0. The van der Waals surface area contributed by atoms with E-state index in [2.05, 4.69) is 6.07 Å². The van der Waals surface area contributed by atoms with Crippen molar-refractivity contribution in [2.75, 3.05) is 0 Å². The molecule has 1 N–H and O–H groups in total. The molecule has 1 heterocycles. The van der Waals surface area contributed by atoms with Crippen LogP contribution in [0, 0.1) is 11.3 Å². The molecule has 0 bridgehead atoms. The monoisotopic (exact) mass is 189 g/mol. The van der Waals surface area contributed by atoms with Gasteiger partial charge in [0.2, 0.25) is 0 Å². The van der Waals surface area contributed by atoms with Gasteiger partial charge in [0, 0.05) is 5.57 Å². The van der Waals surface area contributed by atoms with E-state index in [9.17, 15) is 5.11 Å². The smallest absolute Gasteiger partial charge is 0.112 e. The van der Waals surface area contributed by atoms with Gasteiger partial charge in [-0.1, -0.05) is 6.08 Å². The van der Waals surface area contributed by atoms with Crippen LogP contribution in [0.4, 0.5) is 0 Å². The van der Waals surface area contributed by atoms with Crippen molar-refractivity contribution in [3.8, 4) is 6.07 Å².